The van der Waals surface area contributed by atoms with Crippen LogP contribution in [-0.4, -0.2) is 52.9 Å². The molecule has 1 aliphatic rings. The van der Waals surface area contributed by atoms with E-state index in [1.165, 1.54) is 23.6 Å². The van der Waals surface area contributed by atoms with Gasteiger partial charge >= 0.3 is 0 Å². The van der Waals surface area contributed by atoms with Crippen molar-refractivity contribution in [1.29, 1.82) is 0 Å². The Balaban J connectivity index is 1.43. The largest absolute Gasteiger partial charge is 0.342 e. The van der Waals surface area contributed by atoms with E-state index in [4.69, 9.17) is 11.6 Å². The Bertz CT molecular complexity index is 1100. The second-order valence-electron chi connectivity index (χ2n) is 6.97. The molecule has 1 saturated heterocycles. The number of sulfone groups is 1. The first-order chi connectivity index (χ1) is 13.3. The molecule has 3 aromatic rings. The third-order valence-electron chi connectivity index (χ3n) is 4.96. The van der Waals surface area contributed by atoms with Crippen molar-refractivity contribution < 1.29 is 13.2 Å². The van der Waals surface area contributed by atoms with Crippen LogP contribution in [0.15, 0.2) is 34.9 Å². The summed E-state index contributed by atoms with van der Waals surface area (Å²) < 4.78 is 26.1. The second-order valence-corrected chi connectivity index (χ2v) is 10.3. The van der Waals surface area contributed by atoms with Gasteiger partial charge < -0.3 is 4.90 Å². The van der Waals surface area contributed by atoms with Gasteiger partial charge in [-0.2, -0.15) is 0 Å². The van der Waals surface area contributed by atoms with Gasteiger partial charge in [0, 0.05) is 49.2 Å². The van der Waals surface area contributed by atoms with Crippen molar-refractivity contribution in [2.45, 2.75) is 30.1 Å². The summed E-state index contributed by atoms with van der Waals surface area (Å²) in [5.41, 5.74) is 1.31. The number of amides is 1. The minimum absolute atomic E-state index is 0.0102. The van der Waals surface area contributed by atoms with Gasteiger partial charge in [0.15, 0.2) is 14.8 Å². The number of halogens is 1. The highest BCUT2D eigenvalue weighted by Gasteiger charge is 2.29. The van der Waals surface area contributed by atoms with Crippen molar-refractivity contribution in [2.24, 2.45) is 0 Å². The molecule has 28 heavy (non-hydrogen) atoms. The Labute approximate surface area is 171 Å². The number of hydrogen-bond acceptors (Lipinski definition) is 6. The van der Waals surface area contributed by atoms with Crippen LogP contribution in [0.4, 0.5) is 0 Å². The lowest BCUT2D eigenvalue weighted by Crippen LogP contribution is -2.39. The number of piperidine rings is 1. The molecule has 7 nitrogen and oxygen atoms in total. The van der Waals surface area contributed by atoms with Crippen molar-refractivity contribution in [3.63, 3.8) is 0 Å². The number of likely N-dealkylation sites (tertiary alicyclic amines) is 1. The number of thiazole rings is 1. The molecule has 0 unspecified atom stereocenters. The highest BCUT2D eigenvalue weighted by molar-refractivity contribution is 7.90. The van der Waals surface area contributed by atoms with E-state index >= 15 is 0 Å². The SMILES string of the molecule is CS(=O)(=O)c1cc(Cl)cnc1C1CCN(C(=O)Cc2cn3ccsc3n2)CC1. The number of carbonyl (C=O) groups is 1. The molecule has 0 bridgehead atoms. The first-order valence-electron chi connectivity index (χ1n) is 8.85. The Kier molecular flexibility index (Phi) is 5.15. The number of pyridine rings is 1. The fraction of sp³-hybridized carbons (Fsp3) is 0.389. The van der Waals surface area contributed by atoms with Crippen molar-refractivity contribution in [3.05, 3.63) is 46.4 Å². The lowest BCUT2D eigenvalue weighted by atomic mass is 9.92. The van der Waals surface area contributed by atoms with Gasteiger partial charge in [0.25, 0.3) is 0 Å². The Morgan fingerprint density at radius 3 is 2.79 bits per heavy atom. The van der Waals surface area contributed by atoms with Crippen LogP contribution < -0.4 is 0 Å². The Morgan fingerprint density at radius 1 is 1.36 bits per heavy atom. The van der Waals surface area contributed by atoms with Gasteiger partial charge in [-0.25, -0.2) is 13.4 Å². The van der Waals surface area contributed by atoms with Gasteiger partial charge in [0.05, 0.1) is 27.7 Å². The van der Waals surface area contributed by atoms with E-state index in [-0.39, 0.29) is 23.1 Å². The predicted molar refractivity (Wildman–Crippen MR) is 108 cm³/mol. The maximum absolute atomic E-state index is 12.6. The van der Waals surface area contributed by atoms with E-state index in [0.717, 1.165) is 16.9 Å². The van der Waals surface area contributed by atoms with Gasteiger partial charge in [0.1, 0.15) is 0 Å². The fourth-order valence-corrected chi connectivity index (χ4v) is 5.45. The molecule has 0 atom stereocenters. The summed E-state index contributed by atoms with van der Waals surface area (Å²) in [4.78, 5) is 24.3. The summed E-state index contributed by atoms with van der Waals surface area (Å²) in [6.07, 6.45) is 8.05. The van der Waals surface area contributed by atoms with E-state index in [9.17, 15) is 13.2 Å². The van der Waals surface area contributed by atoms with Gasteiger partial charge in [-0.15, -0.1) is 11.3 Å². The van der Waals surface area contributed by atoms with Crippen LogP contribution in [0.25, 0.3) is 4.96 Å². The summed E-state index contributed by atoms with van der Waals surface area (Å²) in [5.74, 6) is 0.0283. The number of fused-ring (bicyclic) bond motifs is 1. The summed E-state index contributed by atoms with van der Waals surface area (Å²) in [7, 11) is -3.42. The monoisotopic (exact) mass is 438 g/mol. The molecular weight excluding hydrogens is 420 g/mol. The van der Waals surface area contributed by atoms with Crippen molar-refractivity contribution in [2.75, 3.05) is 19.3 Å². The standard InChI is InChI=1S/C18H19ClN4O3S2/c1-28(25,26)15-8-13(19)10-20-17(15)12-2-4-22(5-3-12)16(24)9-14-11-23-6-7-27-18(23)21-14/h6-8,10-12H,2-5,9H2,1H3. The molecule has 3 aromatic heterocycles. The van der Waals surface area contributed by atoms with E-state index in [2.05, 4.69) is 9.97 Å². The normalized spacial score (nSPS) is 16.0. The number of imidazole rings is 1. The van der Waals surface area contributed by atoms with Crippen LogP contribution in [0.1, 0.15) is 30.1 Å². The van der Waals surface area contributed by atoms with Crippen LogP contribution >= 0.6 is 22.9 Å². The van der Waals surface area contributed by atoms with Crippen molar-refractivity contribution in [3.8, 4) is 0 Å². The molecule has 0 saturated carbocycles. The minimum atomic E-state index is -3.42. The molecule has 4 heterocycles. The molecule has 148 valence electrons. The van der Waals surface area contributed by atoms with E-state index < -0.39 is 9.84 Å². The zero-order chi connectivity index (χ0) is 19.9. The highest BCUT2D eigenvalue weighted by Crippen LogP contribution is 2.32. The highest BCUT2D eigenvalue weighted by atomic mass is 35.5. The average Bonchev–Trinajstić information content (AvgIpc) is 3.22. The first kappa shape index (κ1) is 19.4. The van der Waals surface area contributed by atoms with Gasteiger partial charge in [-0.05, 0) is 18.9 Å². The van der Waals surface area contributed by atoms with Crippen LogP contribution in [0, 0.1) is 0 Å². The molecule has 0 aromatic carbocycles. The summed E-state index contributed by atoms with van der Waals surface area (Å²) in [5, 5.41) is 2.26. The molecule has 1 amide bonds. The summed E-state index contributed by atoms with van der Waals surface area (Å²) in [6, 6.07) is 1.46. The zero-order valence-corrected chi connectivity index (χ0v) is 17.6. The third-order valence-corrected chi connectivity index (χ3v) is 7.06. The number of carbonyl (C=O) groups excluding carboxylic acids is 1. The van der Waals surface area contributed by atoms with Crippen LogP contribution in [0.5, 0.6) is 0 Å². The molecule has 1 fully saturated rings. The molecule has 0 spiro atoms. The zero-order valence-electron chi connectivity index (χ0n) is 15.2. The smallest absolute Gasteiger partial charge is 0.228 e. The molecule has 1 aliphatic heterocycles. The van der Waals surface area contributed by atoms with Gasteiger partial charge in [-0.3, -0.25) is 14.2 Å². The van der Waals surface area contributed by atoms with Crippen molar-refractivity contribution >= 4 is 43.6 Å². The van der Waals surface area contributed by atoms with Crippen LogP contribution in [0.3, 0.4) is 0 Å². The van der Waals surface area contributed by atoms with Crippen molar-refractivity contribution in [1.82, 2.24) is 19.3 Å². The number of aromatic nitrogens is 3. The minimum Gasteiger partial charge on any atom is -0.342 e. The van der Waals surface area contributed by atoms with Crippen LogP contribution in [-0.2, 0) is 21.1 Å². The van der Waals surface area contributed by atoms with Gasteiger partial charge in [-0.1, -0.05) is 11.6 Å². The van der Waals surface area contributed by atoms with E-state index in [1.54, 1.807) is 0 Å². The molecule has 0 N–H and O–H groups in total. The van der Waals surface area contributed by atoms with Gasteiger partial charge in [0.2, 0.25) is 5.91 Å². The molecule has 10 heteroatoms. The quantitative estimate of drug-likeness (QED) is 0.625. The fourth-order valence-electron chi connectivity index (χ4n) is 3.57. The summed E-state index contributed by atoms with van der Waals surface area (Å²) >= 11 is 7.47. The molecular formula is C18H19ClN4O3S2. The number of rotatable bonds is 4. The molecule has 0 aliphatic carbocycles. The lowest BCUT2D eigenvalue weighted by Gasteiger charge is -2.32. The first-order valence-corrected chi connectivity index (χ1v) is 12.0. The third kappa shape index (κ3) is 3.92. The van der Waals surface area contributed by atoms with Crippen LogP contribution in [0.2, 0.25) is 5.02 Å². The lowest BCUT2D eigenvalue weighted by molar-refractivity contribution is -0.131. The second kappa shape index (κ2) is 7.46. The topological polar surface area (TPSA) is 84.6 Å². The molecule has 4 rings (SSSR count). The maximum atomic E-state index is 12.6. The van der Waals surface area contributed by atoms with E-state index in [1.807, 2.05) is 27.1 Å². The average molecular weight is 439 g/mol. The number of hydrogen-bond donors (Lipinski definition) is 0. The Morgan fingerprint density at radius 2 is 2.11 bits per heavy atom. The number of nitrogens with zero attached hydrogens (tertiary/aromatic N) is 4. The summed E-state index contributed by atoms with van der Waals surface area (Å²) in [6.45, 7) is 1.14. The predicted octanol–water partition coefficient (Wildman–Crippen LogP) is 2.80. The van der Waals surface area contributed by atoms with E-state index in [0.29, 0.717) is 36.6 Å². The maximum Gasteiger partial charge on any atom is 0.228 e. The molecule has 0 radical (unpaired) electrons. The Hall–Kier alpha value is -1.97.